The van der Waals surface area contributed by atoms with Crippen LogP contribution >= 0.6 is 0 Å². The van der Waals surface area contributed by atoms with Crippen molar-refractivity contribution in [1.82, 2.24) is 0 Å². The van der Waals surface area contributed by atoms with E-state index in [-0.39, 0.29) is 41.7 Å². The zero-order valence-corrected chi connectivity index (χ0v) is 28.1. The normalized spacial score (nSPS) is 29.7. The van der Waals surface area contributed by atoms with E-state index in [0.717, 1.165) is 50.0 Å². The third-order valence-corrected chi connectivity index (χ3v) is 14.1. The first-order valence-corrected chi connectivity index (χ1v) is 19.2. The van der Waals surface area contributed by atoms with Gasteiger partial charge >= 0.3 is 5.97 Å². The molecule has 3 aliphatic rings. The molecule has 2 unspecified atom stereocenters. The van der Waals surface area contributed by atoms with Gasteiger partial charge in [0.1, 0.15) is 11.5 Å². The third-order valence-electron chi connectivity index (χ3n) is 9.60. The first-order chi connectivity index (χ1) is 20.5. The molecule has 1 N–H and O–H groups in total. The zero-order valence-electron chi connectivity index (χ0n) is 27.1. The second-order valence-corrected chi connectivity index (χ2v) is 18.6. The Balaban J connectivity index is 1.68. The van der Waals surface area contributed by atoms with E-state index < -0.39 is 20.2 Å². The van der Waals surface area contributed by atoms with Crippen molar-refractivity contribution in [2.24, 2.45) is 17.8 Å². The van der Waals surface area contributed by atoms with Crippen molar-refractivity contribution in [1.29, 1.82) is 0 Å². The van der Waals surface area contributed by atoms with Crippen molar-refractivity contribution < 1.29 is 38.0 Å². The molecule has 1 saturated carbocycles. The maximum absolute atomic E-state index is 12.7. The van der Waals surface area contributed by atoms with Gasteiger partial charge in [0.2, 0.25) is 0 Å². The fraction of sp³-hybridized carbons (Fsp3) is 0.735. The van der Waals surface area contributed by atoms with Gasteiger partial charge in [0.25, 0.3) is 0 Å². The van der Waals surface area contributed by atoms with Gasteiger partial charge in [-0.05, 0) is 74.9 Å². The summed E-state index contributed by atoms with van der Waals surface area (Å²) in [5, 5.41) is 10.3. The molecule has 2 aliphatic heterocycles. The molecule has 2 saturated heterocycles. The van der Waals surface area contributed by atoms with E-state index >= 15 is 0 Å². The molecule has 242 valence electrons. The molecule has 1 aliphatic carbocycles. The Hall–Kier alpha value is -1.91. The first-order valence-electron chi connectivity index (χ1n) is 16.3. The Labute approximate surface area is 259 Å². The van der Waals surface area contributed by atoms with Crippen molar-refractivity contribution in [3.05, 3.63) is 42.2 Å². The highest BCUT2D eigenvalue weighted by atomic mass is 28.4. The molecule has 4 rings (SSSR count). The molecule has 0 amide bonds. The van der Waals surface area contributed by atoms with Crippen LogP contribution in [0.4, 0.5) is 0 Å². The molecular formula is C34H54O8Si. The maximum Gasteiger partial charge on any atom is 0.306 e. The minimum atomic E-state index is -2.23. The Bertz CT molecular complexity index is 1030. The number of carboxylic acids is 1. The van der Waals surface area contributed by atoms with Crippen LogP contribution in [0.3, 0.4) is 0 Å². The van der Waals surface area contributed by atoms with Gasteiger partial charge in [-0.2, -0.15) is 0 Å². The second-order valence-electron chi connectivity index (χ2n) is 13.8. The molecule has 0 spiro atoms. The highest BCUT2D eigenvalue weighted by molar-refractivity contribution is 6.74. The molecule has 9 heteroatoms. The summed E-state index contributed by atoms with van der Waals surface area (Å²) in [7, 11) is -2.23. The fourth-order valence-electron chi connectivity index (χ4n) is 6.13. The van der Waals surface area contributed by atoms with Crippen LogP contribution in [0.2, 0.25) is 18.1 Å². The first kappa shape index (κ1) is 34.0. The van der Waals surface area contributed by atoms with Gasteiger partial charge in [0.05, 0.1) is 31.3 Å². The number of carboxylic acid groups (broad SMARTS) is 1. The van der Waals surface area contributed by atoms with Gasteiger partial charge in [-0.1, -0.05) is 45.9 Å². The number of hydrogen-bond donors (Lipinski definition) is 1. The van der Waals surface area contributed by atoms with E-state index in [2.05, 4.69) is 39.9 Å². The van der Waals surface area contributed by atoms with Crippen LogP contribution in [-0.4, -0.2) is 64.0 Å². The van der Waals surface area contributed by atoms with Crippen LogP contribution in [0, 0.1) is 17.8 Å². The lowest BCUT2D eigenvalue weighted by molar-refractivity contribution is -0.201. The predicted octanol–water partition coefficient (Wildman–Crippen LogP) is 7.54. The molecule has 2 heterocycles. The molecule has 8 nitrogen and oxygen atoms in total. The molecule has 7 atom stereocenters. The zero-order chi connectivity index (χ0) is 31.0. The third kappa shape index (κ3) is 9.30. The summed E-state index contributed by atoms with van der Waals surface area (Å²) in [4.78, 5) is 12.7. The van der Waals surface area contributed by atoms with Gasteiger partial charge < -0.3 is 33.2 Å². The topological polar surface area (TPSA) is 92.7 Å². The quantitative estimate of drug-likeness (QED) is 0.138. The minimum Gasteiger partial charge on any atom is -0.493 e. The lowest BCUT2D eigenvalue weighted by Crippen LogP contribution is -2.46. The van der Waals surface area contributed by atoms with Crippen LogP contribution < -0.4 is 4.74 Å². The number of benzene rings is 1. The van der Waals surface area contributed by atoms with Gasteiger partial charge in [-0.25, -0.2) is 0 Å². The molecule has 1 aromatic rings. The SMILES string of the molecule is C[C@H](C(=O)O)[C@@H]1[C@H](C(=CCCOc2ccccc2)OC2CCCCO2)[C@H](OC2CCCCO2)C[C@@H]1O[Si](C)(C)C(C)(C)C. The molecule has 0 aromatic heterocycles. The maximum atomic E-state index is 12.7. The van der Waals surface area contributed by atoms with Crippen LogP contribution in [0.5, 0.6) is 5.75 Å². The molecular weight excluding hydrogens is 564 g/mol. The van der Waals surface area contributed by atoms with Crippen LogP contribution in [0.1, 0.15) is 79.1 Å². The summed E-state index contributed by atoms with van der Waals surface area (Å²) >= 11 is 0. The molecule has 43 heavy (non-hydrogen) atoms. The van der Waals surface area contributed by atoms with Gasteiger partial charge in [-0.15, -0.1) is 0 Å². The summed E-state index contributed by atoms with van der Waals surface area (Å²) in [5.74, 6) is -0.636. The van der Waals surface area contributed by atoms with Crippen LogP contribution in [-0.2, 0) is 28.2 Å². The van der Waals surface area contributed by atoms with E-state index in [1.165, 1.54) is 0 Å². The molecule has 1 aromatic carbocycles. The second kappa shape index (κ2) is 15.4. The molecule has 3 fully saturated rings. The lowest BCUT2D eigenvalue weighted by atomic mass is 9.81. The Morgan fingerprint density at radius 2 is 1.67 bits per heavy atom. The van der Waals surface area contributed by atoms with E-state index in [1.54, 1.807) is 6.92 Å². The fourth-order valence-corrected chi connectivity index (χ4v) is 7.50. The molecule has 0 radical (unpaired) electrons. The van der Waals surface area contributed by atoms with Gasteiger partial charge in [-0.3, -0.25) is 4.79 Å². The summed E-state index contributed by atoms with van der Waals surface area (Å²) in [6.45, 7) is 14.7. The summed E-state index contributed by atoms with van der Waals surface area (Å²) in [5.41, 5.74) is 0. The summed E-state index contributed by atoms with van der Waals surface area (Å²) in [6, 6.07) is 9.75. The van der Waals surface area contributed by atoms with Crippen LogP contribution in [0.15, 0.2) is 42.2 Å². The van der Waals surface area contributed by atoms with Crippen molar-refractivity contribution in [2.45, 2.75) is 122 Å². The van der Waals surface area contributed by atoms with Gasteiger partial charge in [0, 0.05) is 31.3 Å². The summed E-state index contributed by atoms with van der Waals surface area (Å²) in [6.07, 6.45) is 7.71. The van der Waals surface area contributed by atoms with Crippen molar-refractivity contribution in [3.8, 4) is 5.75 Å². The summed E-state index contributed by atoms with van der Waals surface area (Å²) < 4.78 is 38.5. The standard InChI is InChI=1S/C34H54O8Si/c1-24(33(35)36)31-28(42-43(5,6)34(2,3)4)23-27(41-30-19-11-13-21-39-30)32(31)26(40-29-18-10-12-20-38-29)17-14-22-37-25-15-8-7-9-16-25/h7-9,15-17,24,27-32H,10-14,18-23H2,1-6H3,(H,35,36)/t24-,27+,28-,29?,30?,31-,32+/m0/s1. The average Bonchev–Trinajstić information content (AvgIpc) is 3.31. The number of aliphatic carboxylic acids is 1. The van der Waals surface area contributed by atoms with Crippen molar-refractivity contribution >= 4 is 14.3 Å². The highest BCUT2D eigenvalue weighted by Gasteiger charge is 2.54. The van der Waals surface area contributed by atoms with E-state index in [0.29, 0.717) is 32.7 Å². The molecule has 0 bridgehead atoms. The lowest BCUT2D eigenvalue weighted by Gasteiger charge is -2.41. The number of carbonyl (C=O) groups is 1. The largest absolute Gasteiger partial charge is 0.493 e. The van der Waals surface area contributed by atoms with E-state index in [4.69, 9.17) is 28.1 Å². The number of ether oxygens (including phenoxy) is 5. The predicted molar refractivity (Wildman–Crippen MR) is 168 cm³/mol. The van der Waals surface area contributed by atoms with Crippen LogP contribution in [0.25, 0.3) is 0 Å². The van der Waals surface area contributed by atoms with Crippen molar-refractivity contribution in [3.63, 3.8) is 0 Å². The minimum absolute atomic E-state index is 0.0230. The van der Waals surface area contributed by atoms with E-state index in [9.17, 15) is 9.90 Å². The Morgan fingerprint density at radius 1 is 1.02 bits per heavy atom. The Morgan fingerprint density at radius 3 is 2.26 bits per heavy atom. The van der Waals surface area contributed by atoms with E-state index in [1.807, 2.05) is 30.3 Å². The monoisotopic (exact) mass is 618 g/mol. The number of para-hydroxylation sites is 1. The van der Waals surface area contributed by atoms with Crippen molar-refractivity contribution in [2.75, 3.05) is 19.8 Å². The van der Waals surface area contributed by atoms with Gasteiger partial charge in [0.15, 0.2) is 20.9 Å². The smallest absolute Gasteiger partial charge is 0.306 e. The number of rotatable bonds is 13. The number of hydrogen-bond acceptors (Lipinski definition) is 7. The average molecular weight is 619 g/mol. The highest BCUT2D eigenvalue weighted by Crippen LogP contribution is 2.49. The Kier molecular flexibility index (Phi) is 12.2.